The van der Waals surface area contributed by atoms with Gasteiger partial charge in [0, 0.05) is 37.7 Å². The lowest BCUT2D eigenvalue weighted by Gasteiger charge is -2.37. The Kier molecular flexibility index (Phi) is 9.40. The molecule has 2 atom stereocenters. The Bertz CT molecular complexity index is 1110. The first kappa shape index (κ1) is 27.9. The Hall–Kier alpha value is -3.73. The van der Waals surface area contributed by atoms with Crippen LogP contribution in [0.2, 0.25) is 0 Å². The molecule has 1 aliphatic carbocycles. The van der Waals surface area contributed by atoms with Gasteiger partial charge < -0.3 is 25.8 Å². The average molecular weight is 514 g/mol. The van der Waals surface area contributed by atoms with Gasteiger partial charge in [0.25, 0.3) is 11.8 Å². The lowest BCUT2D eigenvalue weighted by molar-refractivity contribution is -0.145. The SMILES string of the molecule is CCC(=O)N[C@H](Cc1ccc(NC(=O)[C@](O)(NC(=O)c2ccnn2C)C2CCCCC2)cc1)C(=O)OC. The minimum absolute atomic E-state index is 0.208. The summed E-state index contributed by atoms with van der Waals surface area (Å²) in [6.45, 7) is 1.69. The first-order valence-corrected chi connectivity index (χ1v) is 12.5. The molecule has 3 rings (SSSR count). The van der Waals surface area contributed by atoms with E-state index >= 15 is 0 Å². The van der Waals surface area contributed by atoms with Crippen molar-refractivity contribution in [1.82, 2.24) is 20.4 Å². The molecule has 11 nitrogen and oxygen atoms in total. The third-order valence-corrected chi connectivity index (χ3v) is 6.69. The molecule has 37 heavy (non-hydrogen) atoms. The predicted molar refractivity (Wildman–Crippen MR) is 135 cm³/mol. The van der Waals surface area contributed by atoms with Gasteiger partial charge in [0.05, 0.1) is 7.11 Å². The van der Waals surface area contributed by atoms with Crippen LogP contribution in [0.15, 0.2) is 36.5 Å². The second-order valence-corrected chi connectivity index (χ2v) is 9.25. The van der Waals surface area contributed by atoms with Gasteiger partial charge in [0.1, 0.15) is 11.7 Å². The highest BCUT2D eigenvalue weighted by Gasteiger charge is 2.46. The van der Waals surface area contributed by atoms with Crippen LogP contribution in [0.3, 0.4) is 0 Å². The van der Waals surface area contributed by atoms with Crippen molar-refractivity contribution in [3.05, 3.63) is 47.8 Å². The number of ether oxygens (including phenoxy) is 1. The number of anilines is 1. The van der Waals surface area contributed by atoms with Crippen molar-refractivity contribution in [3.8, 4) is 0 Å². The number of hydrogen-bond acceptors (Lipinski definition) is 7. The smallest absolute Gasteiger partial charge is 0.328 e. The number of nitrogens with one attached hydrogen (secondary N) is 3. The molecular weight excluding hydrogens is 478 g/mol. The highest BCUT2D eigenvalue weighted by Crippen LogP contribution is 2.32. The van der Waals surface area contributed by atoms with Crippen LogP contribution in [-0.4, -0.2) is 57.5 Å². The first-order valence-electron chi connectivity index (χ1n) is 12.5. The van der Waals surface area contributed by atoms with E-state index < -0.39 is 35.5 Å². The monoisotopic (exact) mass is 513 g/mol. The summed E-state index contributed by atoms with van der Waals surface area (Å²) in [6.07, 6.45) is 5.84. The number of rotatable bonds is 10. The van der Waals surface area contributed by atoms with E-state index in [4.69, 9.17) is 4.74 Å². The van der Waals surface area contributed by atoms with Crippen LogP contribution in [-0.2, 0) is 32.6 Å². The Morgan fingerprint density at radius 2 is 1.81 bits per heavy atom. The summed E-state index contributed by atoms with van der Waals surface area (Å²) in [7, 11) is 2.86. The largest absolute Gasteiger partial charge is 0.467 e. The number of carbonyl (C=O) groups excluding carboxylic acids is 4. The van der Waals surface area contributed by atoms with E-state index in [1.165, 1.54) is 24.1 Å². The third kappa shape index (κ3) is 6.94. The number of amides is 3. The first-order chi connectivity index (χ1) is 17.7. The number of aromatic nitrogens is 2. The van der Waals surface area contributed by atoms with Gasteiger partial charge in [-0.05, 0) is 36.6 Å². The summed E-state index contributed by atoms with van der Waals surface area (Å²) in [5.74, 6) is -2.59. The van der Waals surface area contributed by atoms with Gasteiger partial charge in [-0.25, -0.2) is 4.79 Å². The molecule has 0 radical (unpaired) electrons. The van der Waals surface area contributed by atoms with Crippen molar-refractivity contribution >= 4 is 29.4 Å². The van der Waals surface area contributed by atoms with E-state index in [1.807, 2.05) is 0 Å². The molecule has 1 fully saturated rings. The molecule has 1 aromatic carbocycles. The van der Waals surface area contributed by atoms with Crippen molar-refractivity contribution in [2.24, 2.45) is 13.0 Å². The molecule has 0 bridgehead atoms. The van der Waals surface area contributed by atoms with Crippen molar-refractivity contribution in [1.29, 1.82) is 0 Å². The fraction of sp³-hybridized carbons (Fsp3) is 0.500. The van der Waals surface area contributed by atoms with Gasteiger partial charge in [-0.3, -0.25) is 19.1 Å². The number of benzene rings is 1. The summed E-state index contributed by atoms with van der Waals surface area (Å²) in [6, 6.07) is 7.35. The highest BCUT2D eigenvalue weighted by atomic mass is 16.5. The molecule has 200 valence electrons. The average Bonchev–Trinajstić information content (AvgIpc) is 3.35. The molecular formula is C26H35N5O6. The van der Waals surface area contributed by atoms with E-state index in [1.54, 1.807) is 38.2 Å². The van der Waals surface area contributed by atoms with E-state index in [2.05, 4.69) is 21.0 Å². The summed E-state index contributed by atoms with van der Waals surface area (Å²) in [4.78, 5) is 50.1. The van der Waals surface area contributed by atoms with Crippen LogP contribution >= 0.6 is 0 Å². The minimum atomic E-state index is -2.11. The Labute approximate surface area is 215 Å². The van der Waals surface area contributed by atoms with Gasteiger partial charge in [0.2, 0.25) is 11.6 Å². The molecule has 11 heteroatoms. The molecule has 1 aromatic heterocycles. The molecule has 1 saturated carbocycles. The summed E-state index contributed by atoms with van der Waals surface area (Å²) < 4.78 is 6.16. The number of hydrogen-bond donors (Lipinski definition) is 4. The maximum Gasteiger partial charge on any atom is 0.328 e. The maximum absolute atomic E-state index is 13.4. The zero-order valence-corrected chi connectivity index (χ0v) is 21.5. The molecule has 4 N–H and O–H groups in total. The number of nitrogens with zero attached hydrogens (tertiary/aromatic N) is 2. The second kappa shape index (κ2) is 12.5. The van der Waals surface area contributed by atoms with Crippen LogP contribution in [0.1, 0.15) is 61.5 Å². The Balaban J connectivity index is 1.74. The van der Waals surface area contributed by atoms with E-state index in [0.29, 0.717) is 18.5 Å². The maximum atomic E-state index is 13.4. The van der Waals surface area contributed by atoms with E-state index in [0.717, 1.165) is 24.8 Å². The summed E-state index contributed by atoms with van der Waals surface area (Å²) in [5, 5.41) is 23.4. The number of aliphatic hydroxyl groups is 1. The van der Waals surface area contributed by atoms with Crippen molar-refractivity contribution < 1.29 is 29.0 Å². The molecule has 3 amide bonds. The molecule has 0 aliphatic heterocycles. The molecule has 1 heterocycles. The lowest BCUT2D eigenvalue weighted by Crippen LogP contribution is -2.62. The van der Waals surface area contributed by atoms with Gasteiger partial charge in [-0.15, -0.1) is 0 Å². The van der Waals surface area contributed by atoms with Gasteiger partial charge in [0.15, 0.2) is 0 Å². The molecule has 0 spiro atoms. The number of methoxy groups -OCH3 is 1. The van der Waals surface area contributed by atoms with Crippen LogP contribution in [0.5, 0.6) is 0 Å². The highest BCUT2D eigenvalue weighted by molar-refractivity contribution is 6.02. The normalized spacial score (nSPS) is 16.2. The second-order valence-electron chi connectivity index (χ2n) is 9.25. The summed E-state index contributed by atoms with van der Waals surface area (Å²) >= 11 is 0. The molecule has 0 saturated heterocycles. The number of esters is 1. The minimum Gasteiger partial charge on any atom is -0.467 e. The summed E-state index contributed by atoms with van der Waals surface area (Å²) in [5.41, 5.74) is -0.746. The zero-order chi connectivity index (χ0) is 27.0. The van der Waals surface area contributed by atoms with Crippen molar-refractivity contribution in [2.75, 3.05) is 12.4 Å². The van der Waals surface area contributed by atoms with Crippen molar-refractivity contribution in [2.45, 2.75) is 63.6 Å². The lowest BCUT2D eigenvalue weighted by atomic mass is 9.80. The number of carbonyl (C=O) groups is 4. The van der Waals surface area contributed by atoms with E-state index in [9.17, 15) is 24.3 Å². The van der Waals surface area contributed by atoms with Gasteiger partial charge in [-0.2, -0.15) is 5.10 Å². The third-order valence-electron chi connectivity index (χ3n) is 6.69. The molecule has 1 aliphatic rings. The Morgan fingerprint density at radius 3 is 2.38 bits per heavy atom. The molecule has 0 unspecified atom stereocenters. The Morgan fingerprint density at radius 1 is 1.14 bits per heavy atom. The standard InChI is InChI=1S/C26H35N5O6/c1-4-22(32)29-20(24(34)37-3)16-17-10-12-19(13-11-17)28-25(35)26(36,18-8-6-5-7-9-18)30-23(33)21-14-15-27-31(21)2/h10-15,18,20,36H,4-9,16H2,1-3H3,(H,28,35)(H,29,32)(H,30,33)/t20-,26+/m1/s1. The fourth-order valence-electron chi connectivity index (χ4n) is 4.52. The topological polar surface area (TPSA) is 152 Å². The van der Waals surface area contributed by atoms with Crippen LogP contribution in [0.25, 0.3) is 0 Å². The molecule has 2 aromatic rings. The quantitative estimate of drug-likeness (QED) is 0.279. The van der Waals surface area contributed by atoms with Crippen LogP contribution in [0, 0.1) is 5.92 Å². The van der Waals surface area contributed by atoms with E-state index in [-0.39, 0.29) is 24.4 Å². The van der Waals surface area contributed by atoms with Crippen molar-refractivity contribution in [3.63, 3.8) is 0 Å². The predicted octanol–water partition coefficient (Wildman–Crippen LogP) is 1.67. The zero-order valence-electron chi connectivity index (χ0n) is 21.5. The van der Waals surface area contributed by atoms with Crippen LogP contribution in [0.4, 0.5) is 5.69 Å². The fourth-order valence-corrected chi connectivity index (χ4v) is 4.52. The number of aryl methyl sites for hydroxylation is 1. The van der Waals surface area contributed by atoms with Gasteiger partial charge in [-0.1, -0.05) is 38.3 Å². The van der Waals surface area contributed by atoms with Gasteiger partial charge >= 0.3 is 5.97 Å². The van der Waals surface area contributed by atoms with Crippen LogP contribution < -0.4 is 16.0 Å².